The fraction of sp³-hybridized carbons (Fsp3) is 1.00. The molecular formula is C15H29Cl2FNaO7S3-. The van der Waals surface area contributed by atoms with Crippen LogP contribution in [0.15, 0.2) is 0 Å². The van der Waals surface area contributed by atoms with Crippen LogP contribution in [-0.2, 0) is 29.5 Å². The fourth-order valence-electron chi connectivity index (χ4n) is 3.22. The maximum Gasteiger partial charge on any atom is 1.00 e. The van der Waals surface area contributed by atoms with E-state index in [-0.39, 0.29) is 41.1 Å². The van der Waals surface area contributed by atoms with Gasteiger partial charge in [-0.15, -0.1) is 0 Å². The first-order valence-electron chi connectivity index (χ1n) is 9.48. The zero-order valence-electron chi connectivity index (χ0n) is 17.6. The molecule has 0 aromatic rings. The van der Waals surface area contributed by atoms with Crippen LogP contribution in [0.2, 0.25) is 0 Å². The topological polar surface area (TPSA) is 131 Å². The fourth-order valence-corrected chi connectivity index (χ4v) is 4.72. The Balaban J connectivity index is -0.000000364. The molecule has 2 fully saturated rings. The Hall–Kier alpha value is 1.48. The van der Waals surface area contributed by atoms with E-state index in [4.69, 9.17) is 20.8 Å². The van der Waals surface area contributed by atoms with Crippen LogP contribution in [0, 0.1) is 11.8 Å². The molecule has 0 N–H and O–H groups in total. The van der Waals surface area contributed by atoms with Gasteiger partial charge in [0, 0.05) is 26.7 Å². The van der Waals surface area contributed by atoms with E-state index in [1.165, 1.54) is 38.5 Å². The summed E-state index contributed by atoms with van der Waals surface area (Å²) in [7, 11) is -1.31. The molecule has 0 bridgehead atoms. The van der Waals surface area contributed by atoms with Crippen LogP contribution < -0.4 is 29.6 Å². The van der Waals surface area contributed by atoms with Gasteiger partial charge in [-0.05, 0) is 35.4 Å². The third-order valence-electron chi connectivity index (χ3n) is 4.50. The summed E-state index contributed by atoms with van der Waals surface area (Å²) in [5, 5.41) is 0. The Morgan fingerprint density at radius 2 is 1.28 bits per heavy atom. The smallest absolute Gasteiger partial charge is 0.760 e. The van der Waals surface area contributed by atoms with Gasteiger partial charge < -0.3 is 9.11 Å². The van der Waals surface area contributed by atoms with Crippen molar-refractivity contribution >= 4 is 50.8 Å². The number of hydrogen-bond acceptors (Lipinski definition) is 7. The minimum Gasteiger partial charge on any atom is -0.760 e. The van der Waals surface area contributed by atoms with Crippen LogP contribution >= 0.6 is 21.4 Å². The van der Waals surface area contributed by atoms with E-state index in [2.05, 4.69) is 10.7 Å². The molecule has 29 heavy (non-hydrogen) atoms. The molecule has 0 spiro atoms. The largest absolute Gasteiger partial charge is 1.00 e. The van der Waals surface area contributed by atoms with E-state index in [9.17, 15) is 25.8 Å². The molecule has 7 nitrogen and oxygen atoms in total. The predicted molar refractivity (Wildman–Crippen MR) is 109 cm³/mol. The van der Waals surface area contributed by atoms with Crippen molar-refractivity contribution in [3.63, 3.8) is 0 Å². The van der Waals surface area contributed by atoms with Crippen molar-refractivity contribution in [2.45, 2.75) is 64.2 Å². The summed E-state index contributed by atoms with van der Waals surface area (Å²) in [4.78, 5) is 0. The van der Waals surface area contributed by atoms with Gasteiger partial charge in [-0.25, -0.2) is 16.8 Å². The normalized spacial score (nSPS) is 18.6. The molecule has 14 heteroatoms. The van der Waals surface area contributed by atoms with E-state index in [1.807, 2.05) is 0 Å². The van der Waals surface area contributed by atoms with Gasteiger partial charge in [0.2, 0.25) is 9.05 Å². The summed E-state index contributed by atoms with van der Waals surface area (Å²) < 4.78 is 84.8. The summed E-state index contributed by atoms with van der Waals surface area (Å²) in [5.41, 5.74) is 0. The van der Waals surface area contributed by atoms with Gasteiger partial charge in [-0.3, -0.25) is 8.60 Å². The van der Waals surface area contributed by atoms with E-state index in [0.29, 0.717) is 18.3 Å². The van der Waals surface area contributed by atoms with Gasteiger partial charge in [0.05, 0.1) is 24.4 Å². The molecule has 2 aliphatic rings. The van der Waals surface area contributed by atoms with Gasteiger partial charge in [0.15, 0.2) is 0 Å². The van der Waals surface area contributed by atoms with Gasteiger partial charge in [-0.1, -0.05) is 51.4 Å². The molecule has 0 aromatic carbocycles. The minimum atomic E-state index is -3.96. The zero-order chi connectivity index (χ0) is 22.9. The Bertz CT molecular complexity index is 578. The first-order valence-corrected chi connectivity index (χ1v) is 14.7. The van der Waals surface area contributed by atoms with Crippen molar-refractivity contribution in [2.75, 3.05) is 18.7 Å². The number of rotatable bonds is 6. The molecule has 1 unspecified atom stereocenters. The molecule has 0 aromatic heterocycles. The third-order valence-corrected chi connectivity index (χ3v) is 6.42. The van der Waals surface area contributed by atoms with E-state index < -0.39 is 36.6 Å². The van der Waals surface area contributed by atoms with Crippen LogP contribution in [0.25, 0.3) is 0 Å². The first-order chi connectivity index (χ1) is 13.3. The molecular weight excluding hydrogens is 501 g/mol. The summed E-state index contributed by atoms with van der Waals surface area (Å²) in [6.07, 6.45) is 10.8. The standard InChI is InChI=1S/C7H13ClO2S.C7H14O3S.CH3F.ClHO2S.Na/c2*8-11(9,10)6-5-7-3-1-2-4-7;1-2;1-4(2)3;/h7H,1-6H2;7H,1-6H2,(H,8,9,10);1H3;(H,2,3);/q;;;;+1/p-2/i;;1D;;. The minimum absolute atomic E-state index is 0. The molecule has 0 saturated heterocycles. The first kappa shape index (κ1) is 32.7. The Morgan fingerprint density at radius 1 is 1.00 bits per heavy atom. The Morgan fingerprint density at radius 3 is 1.52 bits per heavy atom. The molecule has 2 saturated carbocycles. The van der Waals surface area contributed by atoms with Crippen molar-refractivity contribution in [1.29, 1.82) is 0 Å². The van der Waals surface area contributed by atoms with E-state index >= 15 is 0 Å². The summed E-state index contributed by atoms with van der Waals surface area (Å²) in [6, 6.07) is 0. The molecule has 0 radical (unpaired) electrons. The van der Waals surface area contributed by atoms with Crippen LogP contribution in [-0.4, -0.2) is 48.8 Å². The summed E-state index contributed by atoms with van der Waals surface area (Å²) in [6.45, 7) is 0. The summed E-state index contributed by atoms with van der Waals surface area (Å²) in [5.74, 6) is 1.10. The zero-order valence-corrected chi connectivity index (χ0v) is 22.5. The Labute approximate surface area is 209 Å². The number of halogens is 3. The van der Waals surface area contributed by atoms with Crippen molar-refractivity contribution in [3.05, 3.63) is 0 Å². The maximum absolute atomic E-state index is 10.6. The summed E-state index contributed by atoms with van der Waals surface area (Å²) >= 11 is 0. The number of hydrogen-bond donors (Lipinski definition) is 0. The average molecular weight is 531 g/mol. The van der Waals surface area contributed by atoms with Crippen molar-refractivity contribution in [3.8, 4) is 0 Å². The van der Waals surface area contributed by atoms with Crippen LogP contribution in [0.4, 0.5) is 4.39 Å². The quantitative estimate of drug-likeness (QED) is 0.215. The SMILES string of the molecule is O=S(=O)(Cl)CCC1CCCC1.O=S(=O)([O-])CCC1CCCC1.O=S([O-])Cl.[2H]CF.[Na+]. The van der Waals surface area contributed by atoms with Gasteiger partial charge >= 0.3 is 29.6 Å². The van der Waals surface area contributed by atoms with E-state index in [1.54, 1.807) is 0 Å². The molecule has 0 heterocycles. The second-order valence-corrected chi connectivity index (χ2v) is 12.1. The average Bonchev–Trinajstić information content (AvgIpc) is 3.24. The van der Waals surface area contributed by atoms with Gasteiger partial charge in [0.1, 0.15) is 0 Å². The molecule has 0 aliphatic heterocycles. The molecule has 0 amide bonds. The van der Waals surface area contributed by atoms with Crippen molar-refractivity contribution in [2.24, 2.45) is 11.8 Å². The Kier molecular flexibility index (Phi) is 22.6. The van der Waals surface area contributed by atoms with Gasteiger partial charge in [-0.2, -0.15) is 0 Å². The molecule has 172 valence electrons. The van der Waals surface area contributed by atoms with Crippen LogP contribution in [0.5, 0.6) is 0 Å². The van der Waals surface area contributed by atoms with Crippen LogP contribution in [0.1, 0.15) is 65.6 Å². The van der Waals surface area contributed by atoms with Crippen molar-refractivity contribution in [1.82, 2.24) is 0 Å². The number of alkyl halides is 1. The van der Waals surface area contributed by atoms with Crippen molar-refractivity contribution < 1.29 is 65.5 Å². The maximum atomic E-state index is 10.6. The second-order valence-electron chi connectivity index (χ2n) is 6.58. The third kappa shape index (κ3) is 29.5. The molecule has 2 rings (SSSR count). The predicted octanol–water partition coefficient (Wildman–Crippen LogP) is 0.856. The van der Waals surface area contributed by atoms with Gasteiger partial charge in [0.25, 0.3) is 0 Å². The second kappa shape index (κ2) is 20.1. The van der Waals surface area contributed by atoms with E-state index in [0.717, 1.165) is 19.3 Å². The molecule has 2 aliphatic carbocycles. The monoisotopic (exact) mass is 530 g/mol. The molecule has 1 atom stereocenters. The van der Waals surface area contributed by atoms with Crippen LogP contribution in [0.3, 0.4) is 0 Å².